The number of hydrogen-bond acceptors (Lipinski definition) is 5. The Kier molecular flexibility index (Phi) is 2.90. The van der Waals surface area contributed by atoms with E-state index in [-0.39, 0.29) is 0 Å². The van der Waals surface area contributed by atoms with Gasteiger partial charge in [-0.1, -0.05) is 6.07 Å². The largest absolute Gasteiger partial charge is 0.383 e. The lowest BCUT2D eigenvalue weighted by atomic mass is 10.1. The number of nitrogens with two attached hydrogens (primary N) is 1. The van der Waals surface area contributed by atoms with Crippen molar-refractivity contribution < 1.29 is 0 Å². The number of anilines is 1. The summed E-state index contributed by atoms with van der Waals surface area (Å²) in [6.45, 7) is 1.92. The van der Waals surface area contributed by atoms with Crippen molar-refractivity contribution in [3.8, 4) is 0 Å². The minimum atomic E-state index is 0.515. The van der Waals surface area contributed by atoms with Crippen molar-refractivity contribution in [3.05, 3.63) is 46.1 Å². The molecular weight excluding hydrogens is 308 g/mol. The Labute approximate surface area is 117 Å². The summed E-state index contributed by atoms with van der Waals surface area (Å²) in [4.78, 5) is 12.8. The first-order valence-electron chi connectivity index (χ1n) is 5.71. The van der Waals surface area contributed by atoms with Crippen LogP contribution < -0.4 is 5.73 Å². The predicted octanol–water partition coefficient (Wildman–Crippen LogP) is 1.76. The number of hydrogen-bond donors (Lipinski definition) is 1. The molecule has 0 saturated heterocycles. The maximum Gasteiger partial charge on any atom is 0.254 e. The van der Waals surface area contributed by atoms with Crippen molar-refractivity contribution in [2.24, 2.45) is 0 Å². The van der Waals surface area contributed by atoms with E-state index < -0.39 is 0 Å². The Morgan fingerprint density at radius 3 is 2.95 bits per heavy atom. The van der Waals surface area contributed by atoms with Crippen LogP contribution in [0.4, 0.5) is 5.82 Å². The molecule has 0 unspecified atom stereocenters. The van der Waals surface area contributed by atoms with Crippen molar-refractivity contribution in [2.45, 2.75) is 13.3 Å². The van der Waals surface area contributed by atoms with E-state index in [2.05, 4.69) is 36.0 Å². The Bertz CT molecular complexity index is 751. The summed E-state index contributed by atoms with van der Waals surface area (Å²) in [5.74, 6) is 1.07. The smallest absolute Gasteiger partial charge is 0.254 e. The van der Waals surface area contributed by atoms with Gasteiger partial charge in [0.05, 0.1) is 0 Å². The fourth-order valence-electron chi connectivity index (χ4n) is 1.96. The second kappa shape index (κ2) is 4.58. The molecule has 0 amide bonds. The highest BCUT2D eigenvalue weighted by atomic mass is 79.9. The molecule has 0 aliphatic heterocycles. The average molecular weight is 319 g/mol. The number of halogens is 1. The lowest BCUT2D eigenvalue weighted by Gasteiger charge is -2.09. The van der Waals surface area contributed by atoms with Gasteiger partial charge < -0.3 is 5.73 Å². The first-order chi connectivity index (χ1) is 9.15. The predicted molar refractivity (Wildman–Crippen MR) is 74.7 cm³/mol. The number of rotatable bonds is 2. The minimum absolute atomic E-state index is 0.515. The van der Waals surface area contributed by atoms with Crippen molar-refractivity contribution in [3.63, 3.8) is 0 Å². The fraction of sp³-hybridized carbons (Fsp3) is 0.167. The van der Waals surface area contributed by atoms with Crippen LogP contribution in [0.15, 0.2) is 29.1 Å². The SMILES string of the molecule is Cc1nc2ncnn2c(N)c1Cc1cccc(Br)n1. The van der Waals surface area contributed by atoms with E-state index in [0.717, 1.165) is 21.6 Å². The molecule has 3 heterocycles. The standard InChI is InChI=1S/C12H11BrN6/c1-7-9(5-8-3-2-4-10(13)18-8)11(14)19-12(17-7)15-6-16-19/h2-4,6H,5,14H2,1H3. The average Bonchev–Trinajstić information content (AvgIpc) is 2.83. The maximum atomic E-state index is 6.13. The van der Waals surface area contributed by atoms with Crippen molar-refractivity contribution >= 4 is 27.5 Å². The topological polar surface area (TPSA) is 82.0 Å². The maximum absolute atomic E-state index is 6.13. The molecule has 0 aliphatic carbocycles. The number of nitrogen functional groups attached to an aromatic ring is 1. The zero-order chi connectivity index (χ0) is 13.4. The van der Waals surface area contributed by atoms with Crippen LogP contribution >= 0.6 is 15.9 Å². The summed E-state index contributed by atoms with van der Waals surface area (Å²) in [6, 6.07) is 5.78. The van der Waals surface area contributed by atoms with Crippen LogP contribution in [0.1, 0.15) is 17.0 Å². The Hall–Kier alpha value is -2.02. The molecule has 0 aliphatic rings. The molecular formula is C12H11BrN6. The Morgan fingerprint density at radius 2 is 2.16 bits per heavy atom. The number of aromatic nitrogens is 5. The highest BCUT2D eigenvalue weighted by molar-refractivity contribution is 9.10. The molecule has 3 rings (SSSR count). The van der Waals surface area contributed by atoms with Gasteiger partial charge in [-0.05, 0) is 35.0 Å². The van der Waals surface area contributed by atoms with E-state index in [1.54, 1.807) is 4.52 Å². The molecule has 0 aromatic carbocycles. The second-order valence-electron chi connectivity index (χ2n) is 4.16. The number of nitrogens with zero attached hydrogens (tertiary/aromatic N) is 5. The van der Waals surface area contributed by atoms with Gasteiger partial charge >= 0.3 is 0 Å². The summed E-state index contributed by atoms with van der Waals surface area (Å²) in [6.07, 6.45) is 2.05. The van der Waals surface area contributed by atoms with Gasteiger partial charge in [0.1, 0.15) is 16.7 Å². The van der Waals surface area contributed by atoms with Crippen LogP contribution in [-0.2, 0) is 6.42 Å². The third-order valence-corrected chi connectivity index (χ3v) is 3.34. The van der Waals surface area contributed by atoms with E-state index >= 15 is 0 Å². The van der Waals surface area contributed by atoms with Crippen LogP contribution in [0.5, 0.6) is 0 Å². The fourth-order valence-corrected chi connectivity index (χ4v) is 2.34. The zero-order valence-corrected chi connectivity index (χ0v) is 11.8. The molecule has 7 heteroatoms. The number of fused-ring (bicyclic) bond motifs is 1. The van der Waals surface area contributed by atoms with Gasteiger partial charge in [-0.15, -0.1) is 0 Å². The van der Waals surface area contributed by atoms with Gasteiger partial charge in [0.25, 0.3) is 5.78 Å². The monoisotopic (exact) mass is 318 g/mol. The lowest BCUT2D eigenvalue weighted by Crippen LogP contribution is -2.09. The highest BCUT2D eigenvalue weighted by Crippen LogP contribution is 2.19. The van der Waals surface area contributed by atoms with Crippen molar-refractivity contribution in [1.82, 2.24) is 24.6 Å². The van der Waals surface area contributed by atoms with Gasteiger partial charge in [-0.3, -0.25) is 0 Å². The van der Waals surface area contributed by atoms with E-state index in [4.69, 9.17) is 5.73 Å². The van der Waals surface area contributed by atoms with Gasteiger partial charge in [0.2, 0.25) is 0 Å². The van der Waals surface area contributed by atoms with E-state index in [1.165, 1.54) is 6.33 Å². The molecule has 0 radical (unpaired) electrons. The first kappa shape index (κ1) is 12.0. The molecule has 0 bridgehead atoms. The van der Waals surface area contributed by atoms with Crippen LogP contribution in [0.3, 0.4) is 0 Å². The van der Waals surface area contributed by atoms with E-state index in [1.807, 2.05) is 25.1 Å². The lowest BCUT2D eigenvalue weighted by molar-refractivity contribution is 0.906. The molecule has 0 atom stereocenters. The van der Waals surface area contributed by atoms with Crippen molar-refractivity contribution in [1.29, 1.82) is 0 Å². The first-order valence-corrected chi connectivity index (χ1v) is 6.50. The van der Waals surface area contributed by atoms with Gasteiger partial charge in [0, 0.05) is 23.4 Å². The second-order valence-corrected chi connectivity index (χ2v) is 4.97. The summed E-state index contributed by atoms with van der Waals surface area (Å²) in [7, 11) is 0. The Balaban J connectivity index is 2.09. The van der Waals surface area contributed by atoms with Gasteiger partial charge in [0.15, 0.2) is 0 Å². The quantitative estimate of drug-likeness (QED) is 0.728. The number of aryl methyl sites for hydroxylation is 1. The Morgan fingerprint density at radius 1 is 1.32 bits per heavy atom. The molecule has 0 saturated carbocycles. The molecule has 96 valence electrons. The molecule has 0 spiro atoms. The molecule has 19 heavy (non-hydrogen) atoms. The van der Waals surface area contributed by atoms with E-state index in [0.29, 0.717) is 18.0 Å². The van der Waals surface area contributed by atoms with E-state index in [9.17, 15) is 0 Å². The summed E-state index contributed by atoms with van der Waals surface area (Å²) < 4.78 is 2.34. The van der Waals surface area contributed by atoms with Crippen LogP contribution in [0, 0.1) is 6.92 Å². The number of pyridine rings is 1. The van der Waals surface area contributed by atoms with Crippen LogP contribution in [0.2, 0.25) is 0 Å². The molecule has 3 aromatic rings. The third-order valence-electron chi connectivity index (χ3n) is 2.90. The van der Waals surface area contributed by atoms with Gasteiger partial charge in [-0.2, -0.15) is 14.6 Å². The van der Waals surface area contributed by atoms with Crippen LogP contribution in [0.25, 0.3) is 5.78 Å². The molecule has 0 fully saturated rings. The third kappa shape index (κ3) is 2.17. The molecule has 2 N–H and O–H groups in total. The summed E-state index contributed by atoms with van der Waals surface area (Å²) in [5.41, 5.74) is 8.82. The van der Waals surface area contributed by atoms with Crippen LogP contribution in [-0.4, -0.2) is 24.6 Å². The van der Waals surface area contributed by atoms with Crippen molar-refractivity contribution in [2.75, 3.05) is 5.73 Å². The van der Waals surface area contributed by atoms with Gasteiger partial charge in [-0.25, -0.2) is 9.97 Å². The summed E-state index contributed by atoms with van der Waals surface area (Å²) >= 11 is 3.36. The minimum Gasteiger partial charge on any atom is -0.383 e. The normalized spacial score (nSPS) is 11.1. The molecule has 6 nitrogen and oxygen atoms in total. The molecule has 3 aromatic heterocycles. The highest BCUT2D eigenvalue weighted by Gasteiger charge is 2.12. The summed E-state index contributed by atoms with van der Waals surface area (Å²) in [5, 5.41) is 4.07. The zero-order valence-electron chi connectivity index (χ0n) is 10.2.